The molecule has 7 nitrogen and oxygen atoms in total. The fourth-order valence-corrected chi connectivity index (χ4v) is 1.62. The molecule has 0 aromatic rings. The van der Waals surface area contributed by atoms with Crippen molar-refractivity contribution in [2.75, 3.05) is 11.5 Å². The molecule has 0 rings (SSSR count). The highest BCUT2D eigenvalue weighted by Gasteiger charge is 2.08. The van der Waals surface area contributed by atoms with Crippen LogP contribution in [0.2, 0.25) is 0 Å². The fourth-order valence-electron chi connectivity index (χ4n) is 0.424. The Labute approximate surface area is 70.2 Å². The van der Waals surface area contributed by atoms with Crippen LogP contribution in [0.5, 0.6) is 0 Å². The lowest BCUT2D eigenvalue weighted by molar-refractivity contribution is 0.477. The van der Waals surface area contributed by atoms with E-state index in [1.807, 2.05) is 0 Å². The molecule has 0 aliphatic carbocycles. The van der Waals surface area contributed by atoms with E-state index in [0.29, 0.717) is 0 Å². The highest BCUT2D eigenvalue weighted by Crippen LogP contribution is 1.92. The van der Waals surface area contributed by atoms with Crippen molar-refractivity contribution in [3.63, 3.8) is 0 Å². The van der Waals surface area contributed by atoms with Gasteiger partial charge in [-0.05, 0) is 6.42 Å². The molecule has 0 aromatic heterocycles. The molecule has 0 aliphatic rings. The lowest BCUT2D eigenvalue weighted by atomic mass is 10.6. The predicted molar refractivity (Wildman–Crippen MR) is 41.1 cm³/mol. The lowest BCUT2D eigenvalue weighted by Crippen LogP contribution is -2.10. The summed E-state index contributed by atoms with van der Waals surface area (Å²) in [6.07, 6.45) is -0.308. The molecule has 0 unspecified atom stereocenters. The minimum atomic E-state index is -4.12. The molecule has 0 fully saturated rings. The summed E-state index contributed by atoms with van der Waals surface area (Å²) in [5.41, 5.74) is 0. The largest absolute Gasteiger partial charge is 0.412 e. The van der Waals surface area contributed by atoms with Crippen molar-refractivity contribution < 1.29 is 31.4 Å². The lowest BCUT2D eigenvalue weighted by Gasteiger charge is -1.94. The molecule has 0 aromatic carbocycles. The quantitative estimate of drug-likeness (QED) is 0.545. The zero-order valence-corrected chi connectivity index (χ0v) is 7.60. The number of hydrogen-bond donors (Lipinski definition) is 2. The van der Waals surface area contributed by atoms with Crippen LogP contribution in [0.4, 0.5) is 0 Å². The molecular weight excluding hydrogens is 212 g/mol. The Hall–Kier alpha value is -0.220. The summed E-state index contributed by atoms with van der Waals surface area (Å²) in [4.78, 5) is 0. The normalized spacial score (nSPS) is 12.2. The molecule has 76 valence electrons. The third kappa shape index (κ3) is 12.5. The summed E-state index contributed by atoms with van der Waals surface area (Å²) in [5.74, 6) is -1.32. The highest BCUT2D eigenvalue weighted by atomic mass is 32.2. The first-order chi connectivity index (χ1) is 4.71. The summed E-state index contributed by atoms with van der Waals surface area (Å²) < 4.78 is 56.2. The van der Waals surface area contributed by atoms with E-state index in [4.69, 9.17) is 9.11 Å². The van der Waals surface area contributed by atoms with E-state index >= 15 is 0 Å². The Kier molecular flexibility index (Phi) is 5.63. The van der Waals surface area contributed by atoms with Crippen LogP contribution in [0, 0.1) is 0 Å². The van der Waals surface area contributed by atoms with Crippen molar-refractivity contribution >= 4 is 20.2 Å². The summed E-state index contributed by atoms with van der Waals surface area (Å²) in [6.45, 7) is 0. The third-order valence-electron chi connectivity index (χ3n) is 0.805. The Bertz CT molecular complexity index is 266. The van der Waals surface area contributed by atoms with E-state index in [1.54, 1.807) is 0 Å². The monoisotopic (exact) mass is 222 g/mol. The van der Waals surface area contributed by atoms with Gasteiger partial charge in [-0.2, -0.15) is 16.8 Å². The van der Waals surface area contributed by atoms with Gasteiger partial charge >= 0.3 is 0 Å². The second kappa shape index (κ2) is 4.72. The molecular formula is C3H10O7S2. The van der Waals surface area contributed by atoms with E-state index in [9.17, 15) is 16.8 Å². The topological polar surface area (TPSA) is 140 Å². The first-order valence-electron chi connectivity index (χ1n) is 2.61. The minimum Gasteiger partial charge on any atom is -0.412 e. The van der Waals surface area contributed by atoms with Gasteiger partial charge in [0.1, 0.15) is 0 Å². The van der Waals surface area contributed by atoms with E-state index in [2.05, 4.69) is 0 Å². The molecule has 0 radical (unpaired) electrons. The maximum Gasteiger partial charge on any atom is 0.264 e. The second-order valence-electron chi connectivity index (χ2n) is 1.93. The van der Waals surface area contributed by atoms with Crippen LogP contribution in [0.15, 0.2) is 0 Å². The smallest absolute Gasteiger partial charge is 0.264 e. The first kappa shape index (κ1) is 14.3. The Morgan fingerprint density at radius 1 is 0.833 bits per heavy atom. The van der Waals surface area contributed by atoms with Crippen LogP contribution in [-0.4, -0.2) is 42.9 Å². The molecule has 0 amide bonds. The fraction of sp³-hybridized carbons (Fsp3) is 1.00. The summed E-state index contributed by atoms with van der Waals surface area (Å²) in [5, 5.41) is 0. The van der Waals surface area contributed by atoms with Crippen molar-refractivity contribution in [3.8, 4) is 0 Å². The summed E-state index contributed by atoms with van der Waals surface area (Å²) in [6, 6.07) is 0. The Morgan fingerprint density at radius 3 is 1.25 bits per heavy atom. The predicted octanol–water partition coefficient (Wildman–Crippen LogP) is -1.67. The minimum absolute atomic E-state index is 0. The van der Waals surface area contributed by atoms with Crippen LogP contribution < -0.4 is 0 Å². The Morgan fingerprint density at radius 2 is 1.08 bits per heavy atom. The van der Waals surface area contributed by atoms with E-state index in [0.717, 1.165) is 0 Å². The molecule has 9 heteroatoms. The molecule has 0 spiro atoms. The van der Waals surface area contributed by atoms with Crippen LogP contribution in [0.1, 0.15) is 6.42 Å². The van der Waals surface area contributed by atoms with Gasteiger partial charge in [0.15, 0.2) is 0 Å². The molecule has 0 bridgehead atoms. The van der Waals surface area contributed by atoms with Crippen molar-refractivity contribution in [2.45, 2.75) is 6.42 Å². The van der Waals surface area contributed by atoms with Gasteiger partial charge in [0.25, 0.3) is 20.2 Å². The van der Waals surface area contributed by atoms with Crippen molar-refractivity contribution in [1.82, 2.24) is 0 Å². The standard InChI is InChI=1S/C3H8O6S2.H2O/c4-10(5,6)2-1-3-11(7,8)9;/h1-3H2,(H,4,5,6)(H,7,8,9);1H2. The SMILES string of the molecule is O.O=S(=O)(O)CCCS(=O)(=O)O. The highest BCUT2D eigenvalue weighted by molar-refractivity contribution is 7.86. The molecule has 0 heterocycles. The van der Waals surface area contributed by atoms with Gasteiger partial charge in [0, 0.05) is 0 Å². The van der Waals surface area contributed by atoms with Gasteiger partial charge < -0.3 is 5.48 Å². The number of rotatable bonds is 4. The van der Waals surface area contributed by atoms with Crippen molar-refractivity contribution in [1.29, 1.82) is 0 Å². The van der Waals surface area contributed by atoms with Crippen LogP contribution in [-0.2, 0) is 20.2 Å². The zero-order valence-electron chi connectivity index (χ0n) is 5.97. The molecule has 12 heavy (non-hydrogen) atoms. The molecule has 0 saturated carbocycles. The van der Waals surface area contributed by atoms with Crippen LogP contribution in [0.25, 0.3) is 0 Å². The maximum atomic E-state index is 10.00. The average Bonchev–Trinajstić information content (AvgIpc) is 1.55. The van der Waals surface area contributed by atoms with Gasteiger partial charge in [0.05, 0.1) is 11.5 Å². The van der Waals surface area contributed by atoms with Gasteiger partial charge in [-0.1, -0.05) is 0 Å². The van der Waals surface area contributed by atoms with Crippen molar-refractivity contribution in [2.24, 2.45) is 0 Å². The van der Waals surface area contributed by atoms with Crippen LogP contribution >= 0.6 is 0 Å². The van der Waals surface area contributed by atoms with Crippen LogP contribution in [0.3, 0.4) is 0 Å². The zero-order chi connectivity index (χ0) is 9.12. The first-order valence-corrected chi connectivity index (χ1v) is 5.83. The van der Waals surface area contributed by atoms with E-state index in [1.165, 1.54) is 0 Å². The number of hydrogen-bond acceptors (Lipinski definition) is 4. The van der Waals surface area contributed by atoms with Gasteiger partial charge in [-0.3, -0.25) is 9.11 Å². The maximum absolute atomic E-state index is 10.00. The van der Waals surface area contributed by atoms with Crippen molar-refractivity contribution in [3.05, 3.63) is 0 Å². The van der Waals surface area contributed by atoms with Gasteiger partial charge in [0.2, 0.25) is 0 Å². The molecule has 4 N–H and O–H groups in total. The third-order valence-corrected chi connectivity index (χ3v) is 2.41. The Balaban J connectivity index is 0. The molecule has 0 saturated heterocycles. The molecule has 0 aliphatic heterocycles. The second-order valence-corrected chi connectivity index (χ2v) is 5.07. The summed E-state index contributed by atoms with van der Waals surface area (Å²) in [7, 11) is -8.24. The average molecular weight is 222 g/mol. The van der Waals surface area contributed by atoms with Gasteiger partial charge in [-0.15, -0.1) is 0 Å². The molecule has 0 atom stereocenters. The van der Waals surface area contributed by atoms with E-state index in [-0.39, 0.29) is 11.9 Å². The van der Waals surface area contributed by atoms with E-state index < -0.39 is 31.7 Å². The van der Waals surface area contributed by atoms with Gasteiger partial charge in [-0.25, -0.2) is 0 Å². The summed E-state index contributed by atoms with van der Waals surface area (Å²) >= 11 is 0.